The van der Waals surface area contributed by atoms with E-state index >= 15 is 0 Å². The summed E-state index contributed by atoms with van der Waals surface area (Å²) in [4.78, 5) is 16.8. The van der Waals surface area contributed by atoms with Crippen LogP contribution >= 0.6 is 11.8 Å². The lowest BCUT2D eigenvalue weighted by Crippen LogP contribution is -2.14. The Morgan fingerprint density at radius 1 is 1.32 bits per heavy atom. The highest BCUT2D eigenvalue weighted by atomic mass is 32.2. The summed E-state index contributed by atoms with van der Waals surface area (Å²) >= 11 is 1.68. The second kappa shape index (κ2) is 7.45. The van der Waals surface area contributed by atoms with E-state index in [1.807, 2.05) is 30.7 Å². The van der Waals surface area contributed by atoms with E-state index in [4.69, 9.17) is 0 Å². The number of aryl methyl sites for hydroxylation is 2. The fourth-order valence-electron chi connectivity index (χ4n) is 2.34. The molecular weight excluding hydrogens is 296 g/mol. The molecular formula is C16H22N4OS. The number of hydrogen-bond donors (Lipinski definition) is 1. The molecule has 22 heavy (non-hydrogen) atoms. The van der Waals surface area contributed by atoms with E-state index in [1.54, 1.807) is 18.0 Å². The molecule has 2 aromatic rings. The molecule has 5 nitrogen and oxygen atoms in total. The Balaban J connectivity index is 2.15. The van der Waals surface area contributed by atoms with Crippen molar-refractivity contribution in [2.45, 2.75) is 45.7 Å². The van der Waals surface area contributed by atoms with E-state index in [9.17, 15) is 4.79 Å². The molecule has 2 heterocycles. The molecule has 0 fully saturated rings. The van der Waals surface area contributed by atoms with Gasteiger partial charge in [0, 0.05) is 12.2 Å². The van der Waals surface area contributed by atoms with Crippen LogP contribution in [0.2, 0.25) is 0 Å². The molecule has 2 aromatic heterocycles. The average Bonchev–Trinajstić information content (AvgIpc) is 2.76. The number of aromatic nitrogens is 3. The van der Waals surface area contributed by atoms with Gasteiger partial charge in [-0.1, -0.05) is 13.8 Å². The molecule has 0 aromatic carbocycles. The Morgan fingerprint density at radius 3 is 2.68 bits per heavy atom. The Hall–Kier alpha value is -1.82. The quantitative estimate of drug-likeness (QED) is 0.826. The van der Waals surface area contributed by atoms with Gasteiger partial charge < -0.3 is 5.32 Å². The number of nitrogens with zero attached hydrogens (tertiary/aromatic N) is 3. The van der Waals surface area contributed by atoms with Gasteiger partial charge >= 0.3 is 0 Å². The lowest BCUT2D eigenvalue weighted by molar-refractivity contribution is 0.102. The smallest absolute Gasteiger partial charge is 0.259 e. The predicted octanol–water partition coefficient (Wildman–Crippen LogP) is 3.67. The van der Waals surface area contributed by atoms with Crippen LogP contribution in [0.25, 0.3) is 0 Å². The van der Waals surface area contributed by atoms with Crippen molar-refractivity contribution in [3.8, 4) is 0 Å². The van der Waals surface area contributed by atoms with Crippen LogP contribution in [0.5, 0.6) is 0 Å². The SMILES string of the molecule is CCCn1nc(C)c(C(=O)Nc2ccc(SCC)nc2)c1C. The van der Waals surface area contributed by atoms with E-state index < -0.39 is 0 Å². The zero-order valence-corrected chi connectivity index (χ0v) is 14.3. The molecule has 1 N–H and O–H groups in total. The highest BCUT2D eigenvalue weighted by Gasteiger charge is 2.18. The highest BCUT2D eigenvalue weighted by Crippen LogP contribution is 2.19. The molecule has 0 spiro atoms. The summed E-state index contributed by atoms with van der Waals surface area (Å²) in [5.41, 5.74) is 3.02. The van der Waals surface area contributed by atoms with Crippen LogP contribution in [0.4, 0.5) is 5.69 Å². The van der Waals surface area contributed by atoms with Crippen molar-refractivity contribution in [1.29, 1.82) is 0 Å². The number of rotatable bonds is 6. The van der Waals surface area contributed by atoms with Crippen LogP contribution in [0, 0.1) is 13.8 Å². The maximum absolute atomic E-state index is 12.5. The minimum absolute atomic E-state index is 0.130. The summed E-state index contributed by atoms with van der Waals surface area (Å²) in [6.07, 6.45) is 2.68. The van der Waals surface area contributed by atoms with Crippen molar-refractivity contribution in [2.75, 3.05) is 11.1 Å². The normalized spacial score (nSPS) is 10.7. The minimum Gasteiger partial charge on any atom is -0.320 e. The molecule has 118 valence electrons. The summed E-state index contributed by atoms with van der Waals surface area (Å²) in [6, 6.07) is 3.80. The number of pyridine rings is 1. The fourth-order valence-corrected chi connectivity index (χ4v) is 2.92. The number of nitrogens with one attached hydrogen (secondary N) is 1. The first-order valence-electron chi connectivity index (χ1n) is 7.51. The molecule has 0 unspecified atom stereocenters. The lowest BCUT2D eigenvalue weighted by atomic mass is 10.2. The van der Waals surface area contributed by atoms with Gasteiger partial charge in [-0.2, -0.15) is 5.10 Å². The molecule has 0 aliphatic rings. The fraction of sp³-hybridized carbons (Fsp3) is 0.438. The summed E-state index contributed by atoms with van der Waals surface area (Å²) in [5.74, 6) is 0.850. The van der Waals surface area contributed by atoms with E-state index in [0.717, 1.165) is 35.1 Å². The zero-order valence-electron chi connectivity index (χ0n) is 13.5. The van der Waals surface area contributed by atoms with E-state index in [-0.39, 0.29) is 5.91 Å². The van der Waals surface area contributed by atoms with Gasteiger partial charge in [0.15, 0.2) is 0 Å². The van der Waals surface area contributed by atoms with Crippen LogP contribution in [-0.2, 0) is 6.54 Å². The molecule has 2 rings (SSSR count). The van der Waals surface area contributed by atoms with Crippen LogP contribution in [0.15, 0.2) is 23.4 Å². The largest absolute Gasteiger partial charge is 0.320 e. The van der Waals surface area contributed by atoms with Gasteiger partial charge in [0.2, 0.25) is 0 Å². The first-order valence-corrected chi connectivity index (χ1v) is 8.49. The molecule has 0 aliphatic heterocycles. The van der Waals surface area contributed by atoms with Crippen molar-refractivity contribution in [2.24, 2.45) is 0 Å². The number of amides is 1. The van der Waals surface area contributed by atoms with Crippen LogP contribution < -0.4 is 5.32 Å². The summed E-state index contributed by atoms with van der Waals surface area (Å²) in [6.45, 7) is 8.81. The summed E-state index contributed by atoms with van der Waals surface area (Å²) in [5, 5.41) is 8.30. The number of thioether (sulfide) groups is 1. The van der Waals surface area contributed by atoms with Gasteiger partial charge in [0.25, 0.3) is 5.91 Å². The third-order valence-corrected chi connectivity index (χ3v) is 4.16. The van der Waals surface area contributed by atoms with E-state index in [1.165, 1.54) is 0 Å². The van der Waals surface area contributed by atoms with Crippen molar-refractivity contribution in [1.82, 2.24) is 14.8 Å². The third kappa shape index (κ3) is 3.68. The van der Waals surface area contributed by atoms with Crippen LogP contribution in [-0.4, -0.2) is 26.4 Å². The molecule has 0 aliphatic carbocycles. The molecule has 0 bridgehead atoms. The first-order chi connectivity index (χ1) is 10.6. The predicted molar refractivity (Wildman–Crippen MR) is 90.6 cm³/mol. The topological polar surface area (TPSA) is 59.8 Å². The molecule has 0 radical (unpaired) electrons. The monoisotopic (exact) mass is 318 g/mol. The third-order valence-electron chi connectivity index (χ3n) is 3.33. The minimum atomic E-state index is -0.130. The summed E-state index contributed by atoms with van der Waals surface area (Å²) in [7, 11) is 0. The Morgan fingerprint density at radius 2 is 2.09 bits per heavy atom. The van der Waals surface area contributed by atoms with Gasteiger partial charge in [-0.05, 0) is 38.2 Å². The van der Waals surface area contributed by atoms with Gasteiger partial charge in [-0.3, -0.25) is 9.48 Å². The molecule has 0 saturated heterocycles. The van der Waals surface area contributed by atoms with Gasteiger partial charge in [-0.15, -0.1) is 11.8 Å². The lowest BCUT2D eigenvalue weighted by Gasteiger charge is -2.06. The van der Waals surface area contributed by atoms with Crippen molar-refractivity contribution in [3.63, 3.8) is 0 Å². The van der Waals surface area contributed by atoms with E-state index in [2.05, 4.69) is 29.2 Å². The molecule has 0 atom stereocenters. The number of carbonyl (C=O) groups excluding carboxylic acids is 1. The Kier molecular flexibility index (Phi) is 5.60. The molecule has 0 saturated carbocycles. The van der Waals surface area contributed by atoms with Crippen molar-refractivity contribution >= 4 is 23.4 Å². The highest BCUT2D eigenvalue weighted by molar-refractivity contribution is 7.99. The second-order valence-electron chi connectivity index (χ2n) is 5.04. The maximum Gasteiger partial charge on any atom is 0.259 e. The Labute approximate surface area is 135 Å². The van der Waals surface area contributed by atoms with Gasteiger partial charge in [0.05, 0.1) is 28.2 Å². The number of carbonyl (C=O) groups is 1. The molecule has 1 amide bonds. The van der Waals surface area contributed by atoms with Crippen LogP contribution in [0.1, 0.15) is 42.0 Å². The standard InChI is InChI=1S/C16H22N4OS/c1-5-9-20-12(4)15(11(3)19-20)16(21)18-13-7-8-14(17-10-13)22-6-2/h7-8,10H,5-6,9H2,1-4H3,(H,18,21). The van der Waals surface area contributed by atoms with Gasteiger partial charge in [-0.25, -0.2) is 4.98 Å². The average molecular weight is 318 g/mol. The van der Waals surface area contributed by atoms with Crippen molar-refractivity contribution < 1.29 is 4.79 Å². The van der Waals surface area contributed by atoms with Crippen LogP contribution in [0.3, 0.4) is 0 Å². The summed E-state index contributed by atoms with van der Waals surface area (Å²) < 4.78 is 1.89. The first kappa shape index (κ1) is 16.5. The van der Waals surface area contributed by atoms with E-state index in [0.29, 0.717) is 11.3 Å². The number of anilines is 1. The second-order valence-corrected chi connectivity index (χ2v) is 6.33. The molecule has 6 heteroatoms. The van der Waals surface area contributed by atoms with Crippen molar-refractivity contribution in [3.05, 3.63) is 35.3 Å². The Bertz CT molecular complexity index is 649. The number of hydrogen-bond acceptors (Lipinski definition) is 4. The maximum atomic E-state index is 12.5. The van der Waals surface area contributed by atoms with Gasteiger partial charge in [0.1, 0.15) is 0 Å². The zero-order chi connectivity index (χ0) is 16.1.